The number of rotatable bonds is 6. The summed E-state index contributed by atoms with van der Waals surface area (Å²) in [5, 5.41) is 9.24. The molecule has 0 amide bonds. The number of hydrogen-bond acceptors (Lipinski definition) is 2. The first-order valence-corrected chi connectivity index (χ1v) is 10.2. The van der Waals surface area contributed by atoms with Gasteiger partial charge in [0.2, 0.25) is 0 Å². The lowest BCUT2D eigenvalue weighted by atomic mass is 9.84. The normalized spacial score (nSPS) is 11.2. The maximum Gasteiger partial charge on any atom is 0.335 e. The van der Waals surface area contributed by atoms with Gasteiger partial charge in [-0.15, -0.1) is 11.8 Å². The van der Waals surface area contributed by atoms with E-state index in [4.69, 9.17) is 0 Å². The molecular formula is C26H20O2S. The standard InChI is InChI=1S/C26H20O2S/c27-25(28)20-16-18-24(19-17-20)29-26(21-10-4-1-5-11-21,22-12-6-2-7-13-22)23-14-8-3-9-15-23/h1-19H,(H,27,28). The van der Waals surface area contributed by atoms with Crippen molar-refractivity contribution in [1.29, 1.82) is 0 Å². The highest BCUT2D eigenvalue weighted by atomic mass is 32.2. The summed E-state index contributed by atoms with van der Waals surface area (Å²) in [6, 6.07) is 38.4. The topological polar surface area (TPSA) is 37.3 Å². The highest BCUT2D eigenvalue weighted by molar-refractivity contribution is 8.00. The van der Waals surface area contributed by atoms with Gasteiger partial charge in [0.1, 0.15) is 0 Å². The molecule has 2 nitrogen and oxygen atoms in total. The first-order chi connectivity index (χ1) is 14.2. The molecule has 0 aromatic heterocycles. The zero-order valence-corrected chi connectivity index (χ0v) is 16.5. The molecule has 1 N–H and O–H groups in total. The van der Waals surface area contributed by atoms with Gasteiger partial charge < -0.3 is 5.11 Å². The molecule has 0 radical (unpaired) electrons. The molecule has 0 heterocycles. The van der Waals surface area contributed by atoms with E-state index in [1.54, 1.807) is 23.9 Å². The lowest BCUT2D eigenvalue weighted by molar-refractivity contribution is 0.0697. The van der Waals surface area contributed by atoms with Crippen LogP contribution in [0.5, 0.6) is 0 Å². The predicted octanol–water partition coefficient (Wildman–Crippen LogP) is 6.47. The van der Waals surface area contributed by atoms with Crippen molar-refractivity contribution in [2.75, 3.05) is 0 Å². The van der Waals surface area contributed by atoms with Crippen LogP contribution < -0.4 is 0 Å². The summed E-state index contributed by atoms with van der Waals surface area (Å²) < 4.78 is -0.464. The van der Waals surface area contributed by atoms with Crippen LogP contribution in [0.1, 0.15) is 27.0 Å². The average molecular weight is 397 g/mol. The van der Waals surface area contributed by atoms with Crippen LogP contribution in [0.3, 0.4) is 0 Å². The first-order valence-electron chi connectivity index (χ1n) is 9.39. The summed E-state index contributed by atoms with van der Waals surface area (Å²) in [7, 11) is 0. The smallest absolute Gasteiger partial charge is 0.335 e. The Balaban J connectivity index is 1.93. The molecule has 4 aromatic carbocycles. The van der Waals surface area contributed by atoms with Gasteiger partial charge in [0.15, 0.2) is 0 Å². The van der Waals surface area contributed by atoms with E-state index >= 15 is 0 Å². The van der Waals surface area contributed by atoms with Gasteiger partial charge in [-0.25, -0.2) is 4.79 Å². The number of carboxylic acids is 1. The van der Waals surface area contributed by atoms with Crippen LogP contribution >= 0.6 is 11.8 Å². The molecule has 4 rings (SSSR count). The zero-order chi connectivity index (χ0) is 20.1. The van der Waals surface area contributed by atoms with E-state index in [9.17, 15) is 9.90 Å². The van der Waals surface area contributed by atoms with Gasteiger partial charge in [0.05, 0.1) is 10.3 Å². The summed E-state index contributed by atoms with van der Waals surface area (Å²) in [5.41, 5.74) is 3.80. The lowest BCUT2D eigenvalue weighted by Gasteiger charge is -2.35. The molecule has 4 aromatic rings. The number of thioether (sulfide) groups is 1. The fraction of sp³-hybridized carbons (Fsp3) is 0.0385. The zero-order valence-electron chi connectivity index (χ0n) is 15.7. The van der Waals surface area contributed by atoms with E-state index in [0.29, 0.717) is 5.56 Å². The quantitative estimate of drug-likeness (QED) is 0.300. The summed E-state index contributed by atoms with van der Waals surface area (Å²) in [6.45, 7) is 0. The summed E-state index contributed by atoms with van der Waals surface area (Å²) in [4.78, 5) is 12.3. The van der Waals surface area contributed by atoms with Gasteiger partial charge in [-0.1, -0.05) is 91.0 Å². The molecule has 0 saturated carbocycles. The second-order valence-electron chi connectivity index (χ2n) is 6.71. The highest BCUT2D eigenvalue weighted by Gasteiger charge is 2.37. The largest absolute Gasteiger partial charge is 0.478 e. The van der Waals surface area contributed by atoms with Gasteiger partial charge >= 0.3 is 5.97 Å². The highest BCUT2D eigenvalue weighted by Crippen LogP contribution is 2.51. The molecular weight excluding hydrogens is 376 g/mol. The van der Waals surface area contributed by atoms with Crippen molar-refractivity contribution in [2.45, 2.75) is 9.64 Å². The van der Waals surface area contributed by atoms with Crippen LogP contribution in [-0.2, 0) is 4.75 Å². The van der Waals surface area contributed by atoms with E-state index in [1.165, 1.54) is 16.7 Å². The van der Waals surface area contributed by atoms with E-state index in [-0.39, 0.29) is 0 Å². The van der Waals surface area contributed by atoms with Crippen molar-refractivity contribution in [1.82, 2.24) is 0 Å². The van der Waals surface area contributed by atoms with E-state index in [0.717, 1.165) is 4.90 Å². The molecule has 0 aliphatic rings. The Morgan fingerprint density at radius 2 is 0.966 bits per heavy atom. The molecule has 0 saturated heterocycles. The van der Waals surface area contributed by atoms with E-state index < -0.39 is 10.7 Å². The van der Waals surface area contributed by atoms with E-state index in [1.807, 2.05) is 30.3 Å². The minimum absolute atomic E-state index is 0.291. The number of aromatic carboxylic acids is 1. The number of hydrogen-bond donors (Lipinski definition) is 1. The molecule has 0 unspecified atom stereocenters. The van der Waals surface area contributed by atoms with Gasteiger partial charge in [-0.3, -0.25) is 0 Å². The Morgan fingerprint density at radius 1 is 0.586 bits per heavy atom. The minimum Gasteiger partial charge on any atom is -0.478 e. The average Bonchev–Trinajstić information content (AvgIpc) is 2.79. The maximum atomic E-state index is 11.3. The Labute approximate surface area is 174 Å². The fourth-order valence-corrected chi connectivity index (χ4v) is 4.93. The maximum absolute atomic E-state index is 11.3. The van der Waals surface area contributed by atoms with Crippen molar-refractivity contribution in [3.05, 3.63) is 138 Å². The summed E-state index contributed by atoms with van der Waals surface area (Å²) in [6.07, 6.45) is 0. The van der Waals surface area contributed by atoms with Crippen LogP contribution in [0.15, 0.2) is 120 Å². The van der Waals surface area contributed by atoms with Crippen molar-refractivity contribution in [2.24, 2.45) is 0 Å². The molecule has 0 aliphatic carbocycles. The fourth-order valence-electron chi connectivity index (χ4n) is 3.54. The number of benzene rings is 4. The second kappa shape index (κ2) is 8.38. The summed E-state index contributed by atoms with van der Waals surface area (Å²) >= 11 is 1.72. The van der Waals surface area contributed by atoms with Gasteiger partial charge in [-0.2, -0.15) is 0 Å². The van der Waals surface area contributed by atoms with Crippen LogP contribution in [0.25, 0.3) is 0 Å². The predicted molar refractivity (Wildman–Crippen MR) is 118 cm³/mol. The third kappa shape index (κ3) is 3.82. The number of carboxylic acid groups (broad SMARTS) is 1. The van der Waals surface area contributed by atoms with Crippen LogP contribution in [0.4, 0.5) is 0 Å². The van der Waals surface area contributed by atoms with Crippen molar-refractivity contribution in [3.63, 3.8) is 0 Å². The minimum atomic E-state index is -0.915. The summed E-state index contributed by atoms with van der Waals surface area (Å²) in [5.74, 6) is -0.915. The molecule has 142 valence electrons. The molecule has 0 fully saturated rings. The van der Waals surface area contributed by atoms with Crippen molar-refractivity contribution >= 4 is 17.7 Å². The van der Waals surface area contributed by atoms with Crippen LogP contribution in [0.2, 0.25) is 0 Å². The Morgan fingerprint density at radius 3 is 1.31 bits per heavy atom. The lowest BCUT2D eigenvalue weighted by Crippen LogP contribution is -2.25. The monoisotopic (exact) mass is 396 g/mol. The van der Waals surface area contributed by atoms with E-state index in [2.05, 4.69) is 72.8 Å². The first kappa shape index (κ1) is 19.0. The number of carbonyl (C=O) groups is 1. The Kier molecular flexibility index (Phi) is 5.50. The van der Waals surface area contributed by atoms with Gasteiger partial charge in [0.25, 0.3) is 0 Å². The molecule has 0 bridgehead atoms. The SMILES string of the molecule is O=C(O)c1ccc(SC(c2ccccc2)(c2ccccc2)c2ccccc2)cc1. The van der Waals surface area contributed by atoms with Crippen molar-refractivity contribution < 1.29 is 9.90 Å². The van der Waals surface area contributed by atoms with Crippen LogP contribution in [-0.4, -0.2) is 11.1 Å². The molecule has 0 spiro atoms. The second-order valence-corrected chi connectivity index (χ2v) is 8.00. The molecule has 29 heavy (non-hydrogen) atoms. The third-order valence-electron chi connectivity index (χ3n) is 4.91. The third-order valence-corrected chi connectivity index (χ3v) is 6.43. The molecule has 3 heteroatoms. The molecule has 0 atom stereocenters. The van der Waals surface area contributed by atoms with Crippen LogP contribution in [0, 0.1) is 0 Å². The Hall–Kier alpha value is -3.30. The van der Waals surface area contributed by atoms with Crippen molar-refractivity contribution in [3.8, 4) is 0 Å². The van der Waals surface area contributed by atoms with Gasteiger partial charge in [-0.05, 0) is 41.0 Å². The van der Waals surface area contributed by atoms with Gasteiger partial charge in [0, 0.05) is 4.90 Å². The Bertz CT molecular complexity index is 979. The molecule has 0 aliphatic heterocycles.